The zero-order valence-corrected chi connectivity index (χ0v) is 17.4. The van der Waals surface area contributed by atoms with Gasteiger partial charge in [0.25, 0.3) is 5.91 Å². The highest BCUT2D eigenvalue weighted by atomic mass is 32.1. The average molecular weight is 416 g/mol. The molecule has 0 saturated heterocycles. The Morgan fingerprint density at radius 2 is 2.00 bits per heavy atom. The first kappa shape index (κ1) is 20.9. The van der Waals surface area contributed by atoms with Gasteiger partial charge in [-0.05, 0) is 35.7 Å². The first-order valence-corrected chi connectivity index (χ1v) is 10.2. The van der Waals surface area contributed by atoms with Gasteiger partial charge in [0.2, 0.25) is 5.91 Å². The van der Waals surface area contributed by atoms with Gasteiger partial charge in [-0.25, -0.2) is 0 Å². The number of rotatable bonds is 10. The Labute approximate surface area is 174 Å². The van der Waals surface area contributed by atoms with Crippen molar-refractivity contribution in [3.05, 3.63) is 70.6 Å². The number of carbonyl (C=O) groups excluding carboxylic acids is 2. The number of hydrogen-bond acceptors (Lipinski definition) is 5. The average Bonchev–Trinajstić information content (AvgIpc) is 3.48. The molecule has 0 spiro atoms. The van der Waals surface area contributed by atoms with Crippen LogP contribution in [0.2, 0.25) is 0 Å². The molecule has 0 aromatic carbocycles. The number of aromatic nitrogens is 1. The molecule has 3 rings (SSSR count). The second-order valence-corrected chi connectivity index (χ2v) is 7.58. The summed E-state index contributed by atoms with van der Waals surface area (Å²) in [7, 11) is 3.52. The van der Waals surface area contributed by atoms with Crippen LogP contribution in [0.5, 0.6) is 0 Å². The first-order chi connectivity index (χ1) is 14.1. The predicted octanol–water partition coefficient (Wildman–Crippen LogP) is 3.00. The van der Waals surface area contributed by atoms with E-state index in [1.54, 1.807) is 30.4 Å². The Kier molecular flexibility index (Phi) is 7.26. The second-order valence-electron chi connectivity index (χ2n) is 6.64. The van der Waals surface area contributed by atoms with E-state index in [9.17, 15) is 9.59 Å². The number of thiophene rings is 1. The highest BCUT2D eigenvalue weighted by Gasteiger charge is 2.24. The van der Waals surface area contributed by atoms with Crippen molar-refractivity contribution >= 4 is 23.2 Å². The number of aryl methyl sites for hydroxylation is 1. The summed E-state index contributed by atoms with van der Waals surface area (Å²) in [6.07, 6.45) is 3.53. The van der Waals surface area contributed by atoms with Crippen molar-refractivity contribution in [3.8, 4) is 0 Å². The number of hydrogen-bond donors (Lipinski definition) is 0. The molecule has 0 aliphatic rings. The lowest BCUT2D eigenvalue weighted by Crippen LogP contribution is -2.43. The van der Waals surface area contributed by atoms with E-state index in [4.69, 9.17) is 9.15 Å². The standard InChI is InChI=1S/C21H25N3O4S/c1-22-9-3-6-17(22)14-24(15-18-7-4-11-28-18)20(25)16-23(10-12-27-2)21(26)19-8-5-13-29-19/h3-9,11,13H,10,12,14-16H2,1-2H3. The quantitative estimate of drug-likeness (QED) is 0.511. The van der Waals surface area contributed by atoms with Crippen LogP contribution >= 0.6 is 11.3 Å². The predicted molar refractivity (Wildman–Crippen MR) is 110 cm³/mol. The summed E-state index contributed by atoms with van der Waals surface area (Å²) in [6, 6.07) is 11.1. The van der Waals surface area contributed by atoms with Crippen LogP contribution in [0.15, 0.2) is 58.7 Å². The minimum atomic E-state index is -0.165. The SMILES string of the molecule is COCCN(CC(=O)N(Cc1ccco1)Cc1cccn1C)C(=O)c1cccs1. The number of furan rings is 1. The summed E-state index contributed by atoms with van der Waals surface area (Å²) in [4.78, 5) is 29.9. The third kappa shape index (κ3) is 5.58. The lowest BCUT2D eigenvalue weighted by Gasteiger charge is -2.27. The Morgan fingerprint density at radius 3 is 2.62 bits per heavy atom. The van der Waals surface area contributed by atoms with Crippen molar-refractivity contribution in [2.45, 2.75) is 13.1 Å². The van der Waals surface area contributed by atoms with Crippen molar-refractivity contribution in [1.82, 2.24) is 14.4 Å². The molecule has 0 bridgehead atoms. The van der Waals surface area contributed by atoms with Crippen LogP contribution in [0.3, 0.4) is 0 Å². The maximum absolute atomic E-state index is 13.2. The number of nitrogens with zero attached hydrogens (tertiary/aromatic N) is 3. The summed E-state index contributed by atoms with van der Waals surface area (Å²) >= 11 is 1.36. The van der Waals surface area contributed by atoms with E-state index in [2.05, 4.69) is 0 Å². The molecule has 0 aliphatic heterocycles. The monoisotopic (exact) mass is 415 g/mol. The molecule has 0 N–H and O–H groups in total. The molecular formula is C21H25N3O4S. The van der Waals surface area contributed by atoms with Crippen LogP contribution < -0.4 is 0 Å². The van der Waals surface area contributed by atoms with Crippen LogP contribution in [-0.2, 0) is 29.7 Å². The molecule has 3 aromatic rings. The van der Waals surface area contributed by atoms with Crippen LogP contribution in [0, 0.1) is 0 Å². The highest BCUT2D eigenvalue weighted by Crippen LogP contribution is 2.15. The largest absolute Gasteiger partial charge is 0.467 e. The van der Waals surface area contributed by atoms with E-state index in [1.807, 2.05) is 47.5 Å². The molecule has 7 nitrogen and oxygen atoms in total. The second kappa shape index (κ2) is 10.1. The molecule has 29 heavy (non-hydrogen) atoms. The van der Waals surface area contributed by atoms with Crippen LogP contribution in [-0.4, -0.2) is 53.0 Å². The molecule has 3 heterocycles. The van der Waals surface area contributed by atoms with Crippen molar-refractivity contribution in [2.24, 2.45) is 7.05 Å². The molecule has 0 radical (unpaired) electrons. The van der Waals surface area contributed by atoms with E-state index >= 15 is 0 Å². The van der Waals surface area contributed by atoms with Gasteiger partial charge in [0.05, 0.1) is 30.8 Å². The maximum atomic E-state index is 13.2. The summed E-state index contributed by atoms with van der Waals surface area (Å²) in [5.41, 5.74) is 0.998. The third-order valence-electron chi connectivity index (χ3n) is 4.59. The number of amides is 2. The molecule has 8 heteroatoms. The Morgan fingerprint density at radius 1 is 1.14 bits per heavy atom. The Hall–Kier alpha value is -2.84. The minimum absolute atomic E-state index is 0.0226. The zero-order valence-electron chi connectivity index (χ0n) is 16.6. The molecule has 3 aromatic heterocycles. The molecule has 0 fully saturated rings. The fourth-order valence-corrected chi connectivity index (χ4v) is 3.64. The Balaban J connectivity index is 1.76. The van der Waals surface area contributed by atoms with Gasteiger partial charge in [0.15, 0.2) is 0 Å². The first-order valence-electron chi connectivity index (χ1n) is 9.30. The molecular weight excluding hydrogens is 390 g/mol. The van der Waals surface area contributed by atoms with Gasteiger partial charge in [-0.3, -0.25) is 9.59 Å². The zero-order chi connectivity index (χ0) is 20.6. The lowest BCUT2D eigenvalue weighted by atomic mass is 10.3. The van der Waals surface area contributed by atoms with Crippen molar-refractivity contribution in [1.29, 1.82) is 0 Å². The third-order valence-corrected chi connectivity index (χ3v) is 5.45. The van der Waals surface area contributed by atoms with Gasteiger partial charge in [0.1, 0.15) is 12.3 Å². The van der Waals surface area contributed by atoms with Crippen LogP contribution in [0.1, 0.15) is 21.1 Å². The minimum Gasteiger partial charge on any atom is -0.467 e. The van der Waals surface area contributed by atoms with Gasteiger partial charge in [0, 0.05) is 32.6 Å². The molecule has 2 amide bonds. The van der Waals surface area contributed by atoms with Crippen LogP contribution in [0.4, 0.5) is 0 Å². The van der Waals surface area contributed by atoms with E-state index in [0.29, 0.717) is 36.9 Å². The van der Waals surface area contributed by atoms with Gasteiger partial charge in [-0.2, -0.15) is 0 Å². The van der Waals surface area contributed by atoms with Gasteiger partial charge in [-0.15, -0.1) is 11.3 Å². The van der Waals surface area contributed by atoms with Crippen LogP contribution in [0.25, 0.3) is 0 Å². The molecule has 0 aliphatic carbocycles. The topological polar surface area (TPSA) is 67.9 Å². The van der Waals surface area contributed by atoms with E-state index in [1.165, 1.54) is 16.2 Å². The summed E-state index contributed by atoms with van der Waals surface area (Å²) in [5, 5.41) is 1.85. The van der Waals surface area contributed by atoms with Crippen molar-refractivity contribution < 1.29 is 18.7 Å². The maximum Gasteiger partial charge on any atom is 0.264 e. The summed E-state index contributed by atoms with van der Waals surface area (Å²) < 4.78 is 12.5. The lowest BCUT2D eigenvalue weighted by molar-refractivity contribution is -0.133. The van der Waals surface area contributed by atoms with Gasteiger partial charge in [-0.1, -0.05) is 6.07 Å². The number of carbonyl (C=O) groups is 2. The number of methoxy groups -OCH3 is 1. The van der Waals surface area contributed by atoms with Crippen molar-refractivity contribution in [2.75, 3.05) is 26.8 Å². The molecule has 0 saturated carbocycles. The van der Waals surface area contributed by atoms with E-state index in [-0.39, 0.29) is 18.4 Å². The van der Waals surface area contributed by atoms with Gasteiger partial charge < -0.3 is 23.5 Å². The smallest absolute Gasteiger partial charge is 0.264 e. The van der Waals surface area contributed by atoms with E-state index in [0.717, 1.165) is 5.69 Å². The summed E-state index contributed by atoms with van der Waals surface area (Å²) in [5.74, 6) is 0.381. The Bertz CT molecular complexity index is 902. The molecule has 0 unspecified atom stereocenters. The fourth-order valence-electron chi connectivity index (χ4n) is 2.95. The van der Waals surface area contributed by atoms with Gasteiger partial charge >= 0.3 is 0 Å². The van der Waals surface area contributed by atoms with E-state index < -0.39 is 0 Å². The fraction of sp³-hybridized carbons (Fsp3) is 0.333. The summed E-state index contributed by atoms with van der Waals surface area (Å²) in [6.45, 7) is 1.44. The number of ether oxygens (including phenoxy) is 1. The highest BCUT2D eigenvalue weighted by molar-refractivity contribution is 7.12. The molecule has 154 valence electrons. The van der Waals surface area contributed by atoms with Crippen molar-refractivity contribution in [3.63, 3.8) is 0 Å². The normalized spacial score (nSPS) is 10.8. The molecule has 0 atom stereocenters.